The molecule has 0 aromatic heterocycles. The molecule has 0 heterocycles. The van der Waals surface area contributed by atoms with E-state index < -0.39 is 0 Å². The number of rotatable bonds is 8. The zero-order chi connectivity index (χ0) is 17.4. The first-order valence-corrected chi connectivity index (χ1v) is 7.92. The van der Waals surface area contributed by atoms with Gasteiger partial charge in [-0.3, -0.25) is 9.59 Å². The van der Waals surface area contributed by atoms with Crippen LogP contribution in [0.3, 0.4) is 0 Å². The van der Waals surface area contributed by atoms with Gasteiger partial charge in [0.25, 0.3) is 0 Å². The molecule has 3 N–H and O–H groups in total. The monoisotopic (exact) mass is 326 g/mol. The molecule has 0 spiro atoms. The largest absolute Gasteiger partial charge is 0.469 e. The van der Waals surface area contributed by atoms with E-state index in [4.69, 9.17) is 5.73 Å². The zero-order valence-electron chi connectivity index (χ0n) is 13.7. The van der Waals surface area contributed by atoms with Crippen molar-refractivity contribution >= 4 is 28.8 Å². The van der Waals surface area contributed by atoms with Gasteiger partial charge in [-0.1, -0.05) is 18.2 Å². The molecule has 2 rings (SSSR count). The second kappa shape index (κ2) is 8.72. The number of hydrogen-bond donors (Lipinski definition) is 2. The van der Waals surface area contributed by atoms with Gasteiger partial charge in [0.05, 0.1) is 18.5 Å². The van der Waals surface area contributed by atoms with Gasteiger partial charge in [0.15, 0.2) is 5.78 Å². The molecule has 0 aliphatic rings. The Morgan fingerprint density at radius 2 is 1.75 bits per heavy atom. The van der Waals surface area contributed by atoms with Crippen molar-refractivity contribution in [1.29, 1.82) is 0 Å². The maximum Gasteiger partial charge on any atom is 0.305 e. The highest BCUT2D eigenvalue weighted by atomic mass is 16.5. The van der Waals surface area contributed by atoms with Gasteiger partial charge in [-0.05, 0) is 43.2 Å². The average molecular weight is 326 g/mol. The number of Topliss-reactive ketones (excluding diaryl/α,β-unsaturated/α-hetero) is 1. The standard InChI is InChI=1S/C19H22N2O3/c1-24-19(23)10-6-5-9-18(22)14-11-12-16(20)17(13-14)21-15-7-3-2-4-8-15/h2-4,7-8,11-13,21H,5-6,9-10,20H2,1H3. The van der Waals surface area contributed by atoms with Crippen LogP contribution in [0.2, 0.25) is 0 Å². The van der Waals surface area contributed by atoms with Crippen LogP contribution in [0.4, 0.5) is 17.1 Å². The number of anilines is 3. The summed E-state index contributed by atoms with van der Waals surface area (Å²) in [5, 5.41) is 3.22. The first kappa shape index (κ1) is 17.5. The van der Waals surface area contributed by atoms with Crippen LogP contribution in [0.1, 0.15) is 36.0 Å². The van der Waals surface area contributed by atoms with Crippen LogP contribution >= 0.6 is 0 Å². The fraction of sp³-hybridized carbons (Fsp3) is 0.263. The number of ether oxygens (including phenoxy) is 1. The number of carbonyl (C=O) groups is 2. The van der Waals surface area contributed by atoms with Crippen molar-refractivity contribution < 1.29 is 14.3 Å². The molecule has 0 atom stereocenters. The van der Waals surface area contributed by atoms with Gasteiger partial charge in [-0.15, -0.1) is 0 Å². The molecule has 0 unspecified atom stereocenters. The second-order valence-electron chi connectivity index (χ2n) is 5.50. The lowest BCUT2D eigenvalue weighted by molar-refractivity contribution is -0.140. The summed E-state index contributed by atoms with van der Waals surface area (Å²) in [5.41, 5.74) is 8.80. The molecular weight excluding hydrogens is 304 g/mol. The van der Waals surface area contributed by atoms with E-state index in [0.29, 0.717) is 42.6 Å². The number of methoxy groups -OCH3 is 1. The molecule has 0 bridgehead atoms. The normalized spacial score (nSPS) is 10.2. The summed E-state index contributed by atoms with van der Waals surface area (Å²) in [5.74, 6) is -0.208. The summed E-state index contributed by atoms with van der Waals surface area (Å²) in [7, 11) is 1.36. The molecule has 0 saturated heterocycles. The predicted octanol–water partition coefficient (Wildman–Crippen LogP) is 3.93. The lowest BCUT2D eigenvalue weighted by Crippen LogP contribution is -2.04. The number of nitrogen functional groups attached to an aromatic ring is 1. The third kappa shape index (κ3) is 5.12. The van der Waals surface area contributed by atoms with E-state index >= 15 is 0 Å². The first-order valence-electron chi connectivity index (χ1n) is 7.92. The lowest BCUT2D eigenvalue weighted by atomic mass is 10.0. The molecular formula is C19H22N2O3. The predicted molar refractivity (Wildman–Crippen MR) is 95.4 cm³/mol. The third-order valence-corrected chi connectivity index (χ3v) is 3.69. The van der Waals surface area contributed by atoms with Crippen molar-refractivity contribution in [3.05, 3.63) is 54.1 Å². The molecule has 2 aromatic carbocycles. The minimum Gasteiger partial charge on any atom is -0.469 e. The summed E-state index contributed by atoms with van der Waals surface area (Å²) in [6, 6.07) is 14.9. The van der Waals surface area contributed by atoms with Gasteiger partial charge < -0.3 is 15.8 Å². The number of nitrogens with one attached hydrogen (secondary N) is 1. The molecule has 0 saturated carbocycles. The highest BCUT2D eigenvalue weighted by molar-refractivity contribution is 5.98. The fourth-order valence-electron chi connectivity index (χ4n) is 2.32. The van der Waals surface area contributed by atoms with Crippen LogP contribution in [0.25, 0.3) is 0 Å². The smallest absolute Gasteiger partial charge is 0.305 e. The van der Waals surface area contributed by atoms with Gasteiger partial charge in [0.1, 0.15) is 0 Å². The average Bonchev–Trinajstić information content (AvgIpc) is 2.61. The molecule has 0 amide bonds. The first-order chi connectivity index (χ1) is 11.6. The highest BCUT2D eigenvalue weighted by Gasteiger charge is 2.09. The Balaban J connectivity index is 1.96. The van der Waals surface area contributed by atoms with E-state index in [1.165, 1.54) is 7.11 Å². The number of hydrogen-bond acceptors (Lipinski definition) is 5. The molecule has 126 valence electrons. The van der Waals surface area contributed by atoms with Gasteiger partial charge >= 0.3 is 5.97 Å². The second-order valence-corrected chi connectivity index (χ2v) is 5.50. The van der Waals surface area contributed by atoms with Gasteiger partial charge in [-0.2, -0.15) is 0 Å². The Morgan fingerprint density at radius 1 is 1.04 bits per heavy atom. The number of benzene rings is 2. The Morgan fingerprint density at radius 3 is 2.46 bits per heavy atom. The van der Waals surface area contributed by atoms with Crippen molar-refractivity contribution in [2.75, 3.05) is 18.2 Å². The van der Waals surface area contributed by atoms with Crippen LogP contribution in [0, 0.1) is 0 Å². The Hall–Kier alpha value is -2.82. The van der Waals surface area contributed by atoms with E-state index in [1.54, 1.807) is 18.2 Å². The topological polar surface area (TPSA) is 81.4 Å². The Bertz CT molecular complexity index is 699. The summed E-state index contributed by atoms with van der Waals surface area (Å²) < 4.78 is 4.58. The number of nitrogens with two attached hydrogens (primary N) is 1. The maximum atomic E-state index is 12.3. The van der Waals surface area contributed by atoms with E-state index in [0.717, 1.165) is 5.69 Å². The Kier molecular flexibility index (Phi) is 6.37. The maximum absolute atomic E-state index is 12.3. The molecule has 0 aliphatic heterocycles. The highest BCUT2D eigenvalue weighted by Crippen LogP contribution is 2.25. The van der Waals surface area contributed by atoms with Crippen molar-refractivity contribution in [1.82, 2.24) is 0 Å². The summed E-state index contributed by atoms with van der Waals surface area (Å²) >= 11 is 0. The number of esters is 1. The van der Waals surface area contributed by atoms with E-state index in [9.17, 15) is 9.59 Å². The molecule has 0 fully saturated rings. The quantitative estimate of drug-likeness (QED) is 0.332. The van der Waals surface area contributed by atoms with Gasteiger partial charge in [-0.25, -0.2) is 0 Å². The van der Waals surface area contributed by atoms with Crippen LogP contribution in [-0.2, 0) is 9.53 Å². The number of ketones is 1. The van der Waals surface area contributed by atoms with Crippen LogP contribution in [-0.4, -0.2) is 18.9 Å². The SMILES string of the molecule is COC(=O)CCCCC(=O)c1ccc(N)c(Nc2ccccc2)c1. The van der Waals surface area contributed by atoms with Crippen LogP contribution in [0.5, 0.6) is 0 Å². The minimum absolute atomic E-state index is 0.0379. The number of unbranched alkanes of at least 4 members (excludes halogenated alkanes) is 1. The molecule has 2 aromatic rings. The lowest BCUT2D eigenvalue weighted by Gasteiger charge is -2.11. The van der Waals surface area contributed by atoms with Crippen LogP contribution < -0.4 is 11.1 Å². The molecule has 24 heavy (non-hydrogen) atoms. The third-order valence-electron chi connectivity index (χ3n) is 3.69. The number of carbonyl (C=O) groups excluding carboxylic acids is 2. The molecule has 0 aliphatic carbocycles. The van der Waals surface area contributed by atoms with Crippen molar-refractivity contribution in [3.8, 4) is 0 Å². The molecule has 5 heteroatoms. The fourth-order valence-corrected chi connectivity index (χ4v) is 2.32. The van der Waals surface area contributed by atoms with Crippen molar-refractivity contribution in [2.45, 2.75) is 25.7 Å². The van der Waals surface area contributed by atoms with E-state index in [-0.39, 0.29) is 11.8 Å². The number of para-hydroxylation sites is 1. The minimum atomic E-state index is -0.246. The van der Waals surface area contributed by atoms with Crippen molar-refractivity contribution in [2.24, 2.45) is 0 Å². The van der Waals surface area contributed by atoms with E-state index in [1.807, 2.05) is 30.3 Å². The van der Waals surface area contributed by atoms with Crippen molar-refractivity contribution in [3.63, 3.8) is 0 Å². The Labute approximate surface area is 141 Å². The molecule has 0 radical (unpaired) electrons. The zero-order valence-corrected chi connectivity index (χ0v) is 13.7. The summed E-state index contributed by atoms with van der Waals surface area (Å²) in [6.45, 7) is 0. The van der Waals surface area contributed by atoms with Crippen LogP contribution in [0.15, 0.2) is 48.5 Å². The van der Waals surface area contributed by atoms with E-state index in [2.05, 4.69) is 10.1 Å². The van der Waals surface area contributed by atoms with Gasteiger partial charge in [0.2, 0.25) is 0 Å². The summed E-state index contributed by atoms with van der Waals surface area (Å²) in [6.07, 6.45) is 2.03. The van der Waals surface area contributed by atoms with Gasteiger partial charge in [0, 0.05) is 24.1 Å². The summed E-state index contributed by atoms with van der Waals surface area (Å²) in [4.78, 5) is 23.3. The molecule has 5 nitrogen and oxygen atoms in total.